The van der Waals surface area contributed by atoms with Crippen molar-refractivity contribution in [3.05, 3.63) is 76.0 Å². The van der Waals surface area contributed by atoms with Gasteiger partial charge in [0.2, 0.25) is 0 Å². The Morgan fingerprint density at radius 1 is 1.04 bits per heavy atom. The van der Waals surface area contributed by atoms with Crippen molar-refractivity contribution in [2.24, 2.45) is 0 Å². The largest absolute Gasteiger partial charge is 0.513 e. The lowest BCUT2D eigenvalue weighted by Gasteiger charge is -2.28. The molecule has 2 aromatic rings. The van der Waals surface area contributed by atoms with E-state index in [2.05, 4.69) is 63.2 Å². The summed E-state index contributed by atoms with van der Waals surface area (Å²) in [5.74, 6) is 1.03. The van der Waals surface area contributed by atoms with Crippen molar-refractivity contribution in [1.82, 2.24) is 0 Å². The maximum absolute atomic E-state index is 9.85. The second kappa shape index (κ2) is 7.95. The molecule has 0 unspecified atom stereocenters. The first-order valence-electron chi connectivity index (χ1n) is 9.78. The van der Waals surface area contributed by atoms with Crippen molar-refractivity contribution in [2.45, 2.75) is 59.3 Å². The van der Waals surface area contributed by atoms with Gasteiger partial charge in [-0.15, -0.1) is 0 Å². The topological polar surface area (TPSA) is 20.2 Å². The number of rotatable bonds is 5. The van der Waals surface area contributed by atoms with E-state index in [-0.39, 0.29) is 0 Å². The molecule has 3 rings (SSSR count). The van der Waals surface area contributed by atoms with Crippen molar-refractivity contribution < 1.29 is 5.11 Å². The molecule has 0 aromatic heterocycles. The Bertz CT molecular complexity index is 829. The maximum atomic E-state index is 9.85. The molecule has 0 spiro atoms. The zero-order chi connectivity index (χ0) is 18.7. The van der Waals surface area contributed by atoms with Gasteiger partial charge in [-0.1, -0.05) is 55.3 Å². The Labute approximate surface area is 158 Å². The molecule has 0 heterocycles. The Hall–Kier alpha value is -2.28. The van der Waals surface area contributed by atoms with Crippen molar-refractivity contribution in [1.29, 1.82) is 0 Å². The number of benzene rings is 2. The van der Waals surface area contributed by atoms with Crippen LogP contribution in [0.2, 0.25) is 0 Å². The molecule has 0 bridgehead atoms. The van der Waals surface area contributed by atoms with Gasteiger partial charge in [-0.05, 0) is 91.5 Å². The number of aliphatic hydroxyl groups excluding tert-OH is 1. The van der Waals surface area contributed by atoms with Crippen LogP contribution in [0.25, 0.3) is 17.2 Å². The molecule has 136 valence electrons. The molecule has 1 aliphatic carbocycles. The molecule has 1 fully saturated rings. The molecule has 1 heteroatoms. The summed E-state index contributed by atoms with van der Waals surface area (Å²) < 4.78 is 0. The molecule has 0 amide bonds. The monoisotopic (exact) mass is 346 g/mol. The Balaban J connectivity index is 2.06. The lowest BCUT2D eigenvalue weighted by molar-refractivity contribution is 0.415. The van der Waals surface area contributed by atoms with Crippen LogP contribution in [0, 0.1) is 6.92 Å². The van der Waals surface area contributed by atoms with E-state index in [9.17, 15) is 5.11 Å². The van der Waals surface area contributed by atoms with Gasteiger partial charge in [-0.25, -0.2) is 0 Å². The van der Waals surface area contributed by atoms with Gasteiger partial charge in [0.15, 0.2) is 0 Å². The number of hydrogen-bond acceptors (Lipinski definition) is 1. The summed E-state index contributed by atoms with van der Waals surface area (Å²) in [5.41, 5.74) is 9.10. The highest BCUT2D eigenvalue weighted by Gasteiger charge is 2.22. The number of aliphatic hydroxyl groups is 1. The van der Waals surface area contributed by atoms with Crippen LogP contribution in [0.1, 0.15) is 80.2 Å². The highest BCUT2D eigenvalue weighted by atomic mass is 16.3. The first-order chi connectivity index (χ1) is 12.5. The minimum atomic E-state index is 0.375. The first-order valence-corrected chi connectivity index (χ1v) is 9.78. The first kappa shape index (κ1) is 18.5. The summed E-state index contributed by atoms with van der Waals surface area (Å²) in [6.07, 6.45) is 6.77. The summed E-state index contributed by atoms with van der Waals surface area (Å²) >= 11 is 0. The molecule has 1 N–H and O–H groups in total. The quantitative estimate of drug-likeness (QED) is 0.438. The van der Waals surface area contributed by atoms with Gasteiger partial charge in [0.1, 0.15) is 0 Å². The molecular weight excluding hydrogens is 316 g/mol. The van der Waals surface area contributed by atoms with E-state index in [1.165, 1.54) is 58.2 Å². The standard InChI is InChI=1S/C25H30O/c1-5-24(19(4)20-11-9-17(2)10-12-20)22-13-14-25(21-7-6-8-21)23(16-22)15-18(3)26/h9-16,21,26H,5-8H2,1-4H3/b18-15+,24-19-. The van der Waals surface area contributed by atoms with Gasteiger partial charge in [0.05, 0.1) is 5.76 Å². The molecule has 1 saturated carbocycles. The van der Waals surface area contributed by atoms with Crippen molar-refractivity contribution in [3.63, 3.8) is 0 Å². The van der Waals surface area contributed by atoms with Crippen LogP contribution >= 0.6 is 0 Å². The molecule has 1 aliphatic rings. The summed E-state index contributed by atoms with van der Waals surface area (Å²) in [4.78, 5) is 0. The second-order valence-electron chi connectivity index (χ2n) is 7.58. The fourth-order valence-corrected chi connectivity index (χ4v) is 3.87. The van der Waals surface area contributed by atoms with E-state index in [1.807, 2.05) is 6.08 Å². The molecule has 1 nitrogen and oxygen atoms in total. The average molecular weight is 347 g/mol. The Kier molecular flexibility index (Phi) is 5.66. The number of allylic oxidation sites excluding steroid dienone is 3. The number of hydrogen-bond donors (Lipinski definition) is 1. The maximum Gasteiger partial charge on any atom is 0.0897 e. The molecule has 26 heavy (non-hydrogen) atoms. The van der Waals surface area contributed by atoms with Crippen LogP contribution in [0.5, 0.6) is 0 Å². The Morgan fingerprint density at radius 2 is 1.69 bits per heavy atom. The third-order valence-electron chi connectivity index (χ3n) is 5.64. The Morgan fingerprint density at radius 3 is 2.23 bits per heavy atom. The summed E-state index contributed by atoms with van der Waals surface area (Å²) in [6.45, 7) is 8.32. The highest BCUT2D eigenvalue weighted by molar-refractivity contribution is 5.90. The lowest BCUT2D eigenvalue weighted by atomic mass is 9.77. The van der Waals surface area contributed by atoms with Crippen molar-refractivity contribution in [3.8, 4) is 0 Å². The normalized spacial score (nSPS) is 16.2. The molecule has 0 radical (unpaired) electrons. The van der Waals surface area contributed by atoms with E-state index >= 15 is 0 Å². The van der Waals surface area contributed by atoms with Crippen LogP contribution in [0.15, 0.2) is 48.2 Å². The van der Waals surface area contributed by atoms with Crippen LogP contribution in [0.4, 0.5) is 0 Å². The minimum Gasteiger partial charge on any atom is -0.513 e. The van der Waals surface area contributed by atoms with E-state index in [0.29, 0.717) is 11.7 Å². The van der Waals surface area contributed by atoms with E-state index in [0.717, 1.165) is 6.42 Å². The van der Waals surface area contributed by atoms with Crippen LogP contribution in [-0.2, 0) is 0 Å². The lowest BCUT2D eigenvalue weighted by Crippen LogP contribution is -2.10. The van der Waals surface area contributed by atoms with E-state index < -0.39 is 0 Å². The van der Waals surface area contributed by atoms with Crippen molar-refractivity contribution >= 4 is 17.2 Å². The smallest absolute Gasteiger partial charge is 0.0897 e. The molecule has 0 saturated heterocycles. The predicted molar refractivity (Wildman–Crippen MR) is 113 cm³/mol. The molecule has 0 atom stereocenters. The third kappa shape index (κ3) is 3.93. The fourth-order valence-electron chi connectivity index (χ4n) is 3.87. The van der Waals surface area contributed by atoms with Gasteiger partial charge >= 0.3 is 0 Å². The second-order valence-corrected chi connectivity index (χ2v) is 7.58. The molecular formula is C25H30O. The third-order valence-corrected chi connectivity index (χ3v) is 5.64. The summed E-state index contributed by atoms with van der Waals surface area (Å²) in [7, 11) is 0. The van der Waals surface area contributed by atoms with Gasteiger partial charge in [-0.3, -0.25) is 0 Å². The van der Waals surface area contributed by atoms with Gasteiger partial charge in [0, 0.05) is 0 Å². The SMILES string of the molecule is CC/C(=C(\C)c1ccc(C)cc1)c1ccc(C2CCC2)c(/C=C(\C)O)c1. The summed E-state index contributed by atoms with van der Waals surface area (Å²) in [5, 5.41) is 9.85. The van der Waals surface area contributed by atoms with E-state index in [4.69, 9.17) is 0 Å². The van der Waals surface area contributed by atoms with Crippen LogP contribution < -0.4 is 0 Å². The van der Waals surface area contributed by atoms with Gasteiger partial charge in [0.25, 0.3) is 0 Å². The average Bonchev–Trinajstić information content (AvgIpc) is 2.56. The zero-order valence-corrected chi connectivity index (χ0v) is 16.5. The van der Waals surface area contributed by atoms with Crippen LogP contribution in [-0.4, -0.2) is 5.11 Å². The molecule has 2 aromatic carbocycles. The molecule has 0 aliphatic heterocycles. The van der Waals surface area contributed by atoms with E-state index in [1.54, 1.807) is 6.92 Å². The highest BCUT2D eigenvalue weighted by Crippen LogP contribution is 2.40. The predicted octanol–water partition coefficient (Wildman–Crippen LogP) is 7.52. The van der Waals surface area contributed by atoms with Gasteiger partial charge < -0.3 is 5.11 Å². The van der Waals surface area contributed by atoms with Crippen LogP contribution in [0.3, 0.4) is 0 Å². The summed E-state index contributed by atoms with van der Waals surface area (Å²) in [6, 6.07) is 15.6. The van der Waals surface area contributed by atoms with Crippen molar-refractivity contribution in [2.75, 3.05) is 0 Å². The zero-order valence-electron chi connectivity index (χ0n) is 16.5. The fraction of sp³-hybridized carbons (Fsp3) is 0.360. The van der Waals surface area contributed by atoms with Gasteiger partial charge in [-0.2, -0.15) is 0 Å². The number of aryl methyl sites for hydroxylation is 1. The minimum absolute atomic E-state index is 0.375.